The zero-order chi connectivity index (χ0) is 9.72. The van der Waals surface area contributed by atoms with Crippen molar-refractivity contribution in [2.45, 2.75) is 26.8 Å². The minimum atomic E-state index is -0.398. The van der Waals surface area contributed by atoms with Gasteiger partial charge in [0.2, 0.25) is 5.91 Å². The number of hydrogen-bond donors (Lipinski definition) is 1. The van der Waals surface area contributed by atoms with E-state index in [4.69, 9.17) is 5.73 Å². The van der Waals surface area contributed by atoms with Gasteiger partial charge in [-0.15, -0.1) is 0 Å². The van der Waals surface area contributed by atoms with Crippen LogP contribution < -0.4 is 5.73 Å². The van der Waals surface area contributed by atoms with Gasteiger partial charge in [0.25, 0.3) is 0 Å². The van der Waals surface area contributed by atoms with E-state index in [0.29, 0.717) is 6.54 Å². The standard InChI is InChI=1S/C8H16N2O2/c1-6(2)10(4-7(3)11)5-8(9)12/h6H,4-5H2,1-3H3,(H2,9,12). The predicted octanol–water partition coefficient (Wildman–Crippen LogP) is -0.229. The van der Waals surface area contributed by atoms with E-state index in [9.17, 15) is 9.59 Å². The van der Waals surface area contributed by atoms with Crippen LogP contribution in [-0.4, -0.2) is 35.7 Å². The topological polar surface area (TPSA) is 63.4 Å². The van der Waals surface area contributed by atoms with E-state index in [0.717, 1.165) is 0 Å². The van der Waals surface area contributed by atoms with Crippen LogP contribution in [0.25, 0.3) is 0 Å². The van der Waals surface area contributed by atoms with Crippen molar-refractivity contribution in [3.8, 4) is 0 Å². The summed E-state index contributed by atoms with van der Waals surface area (Å²) in [6.45, 7) is 5.78. The molecule has 1 amide bonds. The molecule has 0 saturated heterocycles. The summed E-state index contributed by atoms with van der Waals surface area (Å²) >= 11 is 0. The fourth-order valence-corrected chi connectivity index (χ4v) is 0.907. The molecule has 0 atom stereocenters. The number of nitrogens with zero attached hydrogens (tertiary/aromatic N) is 1. The smallest absolute Gasteiger partial charge is 0.231 e. The number of amides is 1. The highest BCUT2D eigenvalue weighted by Crippen LogP contribution is 1.96. The quantitative estimate of drug-likeness (QED) is 0.623. The van der Waals surface area contributed by atoms with Crippen molar-refractivity contribution in [1.29, 1.82) is 0 Å². The Morgan fingerprint density at radius 3 is 2.08 bits per heavy atom. The lowest BCUT2D eigenvalue weighted by Crippen LogP contribution is -2.41. The zero-order valence-corrected chi connectivity index (χ0v) is 7.83. The van der Waals surface area contributed by atoms with E-state index in [2.05, 4.69) is 0 Å². The molecule has 4 nitrogen and oxygen atoms in total. The molecule has 12 heavy (non-hydrogen) atoms. The van der Waals surface area contributed by atoms with E-state index in [1.165, 1.54) is 6.92 Å². The Bertz CT molecular complexity index is 162. The predicted molar refractivity (Wildman–Crippen MR) is 46.6 cm³/mol. The van der Waals surface area contributed by atoms with Crippen molar-refractivity contribution in [3.63, 3.8) is 0 Å². The van der Waals surface area contributed by atoms with E-state index in [-0.39, 0.29) is 18.4 Å². The second-order valence-corrected chi connectivity index (χ2v) is 3.17. The van der Waals surface area contributed by atoms with Gasteiger partial charge in [0.1, 0.15) is 5.78 Å². The third kappa shape index (κ3) is 4.85. The molecule has 0 spiro atoms. The number of rotatable bonds is 5. The Balaban J connectivity index is 4.04. The lowest BCUT2D eigenvalue weighted by molar-refractivity contribution is -0.122. The minimum Gasteiger partial charge on any atom is -0.369 e. The normalized spacial score (nSPS) is 10.8. The molecule has 0 aromatic carbocycles. The van der Waals surface area contributed by atoms with Gasteiger partial charge in [-0.1, -0.05) is 0 Å². The summed E-state index contributed by atoms with van der Waals surface area (Å²) in [5.74, 6) is -0.352. The molecule has 0 bridgehead atoms. The number of carbonyl (C=O) groups excluding carboxylic acids is 2. The maximum absolute atomic E-state index is 10.7. The Hall–Kier alpha value is -0.900. The first-order valence-corrected chi connectivity index (χ1v) is 3.95. The Morgan fingerprint density at radius 2 is 1.83 bits per heavy atom. The molecule has 4 heteroatoms. The number of nitrogens with two attached hydrogens (primary N) is 1. The van der Waals surface area contributed by atoms with Crippen LogP contribution in [-0.2, 0) is 9.59 Å². The maximum Gasteiger partial charge on any atom is 0.231 e. The number of carbonyl (C=O) groups is 2. The van der Waals surface area contributed by atoms with Crippen molar-refractivity contribution in [2.75, 3.05) is 13.1 Å². The molecule has 0 rings (SSSR count). The first-order chi connectivity index (χ1) is 5.43. The summed E-state index contributed by atoms with van der Waals surface area (Å²) in [6.07, 6.45) is 0. The summed E-state index contributed by atoms with van der Waals surface area (Å²) < 4.78 is 0. The Labute approximate surface area is 72.7 Å². The highest BCUT2D eigenvalue weighted by atomic mass is 16.1. The van der Waals surface area contributed by atoms with Gasteiger partial charge in [-0.3, -0.25) is 14.5 Å². The van der Waals surface area contributed by atoms with Crippen LogP contribution in [0.4, 0.5) is 0 Å². The van der Waals surface area contributed by atoms with Crippen LogP contribution in [0, 0.1) is 0 Å². The number of Topliss-reactive ketones (excluding diaryl/α,β-unsaturated/α-hetero) is 1. The van der Waals surface area contributed by atoms with Crippen LogP contribution in [0.15, 0.2) is 0 Å². The largest absolute Gasteiger partial charge is 0.369 e. The van der Waals surface area contributed by atoms with Gasteiger partial charge >= 0.3 is 0 Å². The van der Waals surface area contributed by atoms with Gasteiger partial charge in [-0.2, -0.15) is 0 Å². The molecule has 70 valence electrons. The van der Waals surface area contributed by atoms with Gasteiger partial charge in [-0.25, -0.2) is 0 Å². The molecule has 2 N–H and O–H groups in total. The van der Waals surface area contributed by atoms with E-state index in [1.807, 2.05) is 13.8 Å². The molecular formula is C8H16N2O2. The van der Waals surface area contributed by atoms with Crippen molar-refractivity contribution in [2.24, 2.45) is 5.73 Å². The number of primary amides is 1. The highest BCUT2D eigenvalue weighted by molar-refractivity contribution is 5.80. The van der Waals surface area contributed by atoms with E-state index in [1.54, 1.807) is 4.90 Å². The molecule has 0 aromatic rings. The summed E-state index contributed by atoms with van der Waals surface area (Å²) in [4.78, 5) is 23.1. The fourth-order valence-electron chi connectivity index (χ4n) is 0.907. The molecule has 0 aliphatic carbocycles. The van der Waals surface area contributed by atoms with E-state index >= 15 is 0 Å². The van der Waals surface area contributed by atoms with Crippen LogP contribution >= 0.6 is 0 Å². The van der Waals surface area contributed by atoms with Crippen molar-refractivity contribution in [1.82, 2.24) is 4.90 Å². The van der Waals surface area contributed by atoms with Crippen molar-refractivity contribution < 1.29 is 9.59 Å². The Kier molecular flexibility index (Phi) is 4.51. The summed E-state index contributed by atoms with van der Waals surface area (Å²) in [6, 6.07) is 0.168. The molecule has 0 fully saturated rings. The van der Waals surface area contributed by atoms with Gasteiger partial charge in [0.15, 0.2) is 0 Å². The van der Waals surface area contributed by atoms with Crippen LogP contribution in [0.5, 0.6) is 0 Å². The van der Waals surface area contributed by atoms with Crippen LogP contribution in [0.1, 0.15) is 20.8 Å². The minimum absolute atomic E-state index is 0.0463. The average Bonchev–Trinajstić information content (AvgIpc) is 1.83. The van der Waals surface area contributed by atoms with Crippen molar-refractivity contribution >= 4 is 11.7 Å². The van der Waals surface area contributed by atoms with E-state index < -0.39 is 5.91 Å². The van der Waals surface area contributed by atoms with Crippen LogP contribution in [0.2, 0.25) is 0 Å². The first-order valence-electron chi connectivity index (χ1n) is 3.95. The molecule has 0 aromatic heterocycles. The van der Waals surface area contributed by atoms with Crippen molar-refractivity contribution in [3.05, 3.63) is 0 Å². The molecule has 0 unspecified atom stereocenters. The highest BCUT2D eigenvalue weighted by Gasteiger charge is 2.13. The Morgan fingerprint density at radius 1 is 1.33 bits per heavy atom. The average molecular weight is 172 g/mol. The molecule has 0 aliphatic heterocycles. The van der Waals surface area contributed by atoms with Crippen LogP contribution in [0.3, 0.4) is 0 Å². The van der Waals surface area contributed by atoms with Gasteiger partial charge in [-0.05, 0) is 20.8 Å². The van der Waals surface area contributed by atoms with Gasteiger partial charge in [0, 0.05) is 6.04 Å². The fraction of sp³-hybridized carbons (Fsp3) is 0.750. The number of hydrogen-bond acceptors (Lipinski definition) is 3. The molecule has 0 aliphatic rings. The summed E-state index contributed by atoms with van der Waals surface area (Å²) in [5.41, 5.74) is 5.01. The second kappa shape index (κ2) is 4.87. The maximum atomic E-state index is 10.7. The number of ketones is 1. The lowest BCUT2D eigenvalue weighted by Gasteiger charge is -2.23. The summed E-state index contributed by atoms with van der Waals surface area (Å²) in [5, 5.41) is 0. The third-order valence-corrected chi connectivity index (χ3v) is 1.51. The van der Waals surface area contributed by atoms with Gasteiger partial charge < -0.3 is 5.73 Å². The van der Waals surface area contributed by atoms with Gasteiger partial charge in [0.05, 0.1) is 13.1 Å². The second-order valence-electron chi connectivity index (χ2n) is 3.17. The lowest BCUT2D eigenvalue weighted by atomic mass is 10.3. The molecule has 0 radical (unpaired) electrons. The zero-order valence-electron chi connectivity index (χ0n) is 7.83. The molecule has 0 saturated carbocycles. The monoisotopic (exact) mass is 172 g/mol. The molecule has 0 heterocycles. The third-order valence-electron chi connectivity index (χ3n) is 1.51. The molecular weight excluding hydrogens is 156 g/mol. The SMILES string of the molecule is CC(=O)CN(CC(N)=O)C(C)C. The summed E-state index contributed by atoms with van der Waals surface area (Å²) in [7, 11) is 0. The first kappa shape index (κ1) is 11.1.